The molecule has 2 N–H and O–H groups in total. The van der Waals surface area contributed by atoms with E-state index < -0.39 is 0 Å². The van der Waals surface area contributed by atoms with Crippen molar-refractivity contribution in [2.75, 3.05) is 12.3 Å². The van der Waals surface area contributed by atoms with E-state index in [4.69, 9.17) is 10.5 Å². The summed E-state index contributed by atoms with van der Waals surface area (Å²) in [4.78, 5) is 12.8. The van der Waals surface area contributed by atoms with Gasteiger partial charge >= 0.3 is 0 Å². The SMILES string of the molecule is CCOc1ccc(-c2cc(-c3cnc(C)nc3)c(C#N)c(N)n2)cc1. The van der Waals surface area contributed by atoms with Crippen molar-refractivity contribution in [3.05, 3.63) is 54.1 Å². The van der Waals surface area contributed by atoms with Gasteiger partial charge in [-0.1, -0.05) is 0 Å². The quantitative estimate of drug-likeness (QED) is 0.787. The summed E-state index contributed by atoms with van der Waals surface area (Å²) < 4.78 is 5.46. The number of nitrogens with zero attached hydrogens (tertiary/aromatic N) is 4. The maximum absolute atomic E-state index is 9.44. The van der Waals surface area contributed by atoms with E-state index >= 15 is 0 Å². The average Bonchev–Trinajstić information content (AvgIpc) is 2.62. The lowest BCUT2D eigenvalue weighted by molar-refractivity contribution is 0.340. The van der Waals surface area contributed by atoms with Crippen LogP contribution in [0.1, 0.15) is 18.3 Å². The van der Waals surface area contributed by atoms with Crippen LogP contribution in [-0.2, 0) is 0 Å². The van der Waals surface area contributed by atoms with E-state index in [1.54, 1.807) is 19.3 Å². The number of anilines is 1. The lowest BCUT2D eigenvalue weighted by Gasteiger charge is -2.10. The molecule has 2 heterocycles. The molecule has 0 saturated carbocycles. The number of benzene rings is 1. The number of aryl methyl sites for hydroxylation is 1. The molecule has 0 bridgehead atoms. The van der Waals surface area contributed by atoms with Gasteiger partial charge in [0.25, 0.3) is 0 Å². The smallest absolute Gasteiger partial charge is 0.142 e. The maximum atomic E-state index is 9.44. The molecule has 0 aliphatic heterocycles. The summed E-state index contributed by atoms with van der Waals surface area (Å²) in [7, 11) is 0. The summed E-state index contributed by atoms with van der Waals surface area (Å²) in [5.74, 6) is 1.64. The van der Waals surface area contributed by atoms with Gasteiger partial charge in [0, 0.05) is 29.1 Å². The van der Waals surface area contributed by atoms with Crippen molar-refractivity contribution >= 4 is 5.82 Å². The predicted octanol–water partition coefficient (Wildman–Crippen LogP) is 3.37. The van der Waals surface area contributed by atoms with Gasteiger partial charge in [-0.2, -0.15) is 5.26 Å². The number of nitriles is 1. The molecule has 124 valence electrons. The van der Waals surface area contributed by atoms with Gasteiger partial charge in [0.05, 0.1) is 12.3 Å². The minimum atomic E-state index is 0.185. The van der Waals surface area contributed by atoms with E-state index in [9.17, 15) is 5.26 Å². The summed E-state index contributed by atoms with van der Waals surface area (Å²) in [5.41, 5.74) is 9.29. The molecule has 0 aliphatic rings. The van der Waals surface area contributed by atoms with E-state index in [1.165, 1.54) is 0 Å². The van der Waals surface area contributed by atoms with Gasteiger partial charge in [0.15, 0.2) is 0 Å². The van der Waals surface area contributed by atoms with Gasteiger partial charge in [0.1, 0.15) is 29.0 Å². The standard InChI is InChI=1S/C19H17N5O/c1-3-25-15-6-4-13(5-7-15)18-8-16(17(9-20)19(21)24-18)14-10-22-12(2)23-11-14/h4-8,10-11H,3H2,1-2H3,(H2,21,24). The number of aromatic nitrogens is 3. The highest BCUT2D eigenvalue weighted by atomic mass is 16.5. The third kappa shape index (κ3) is 3.40. The molecule has 6 heteroatoms. The Labute approximate surface area is 146 Å². The molecule has 6 nitrogen and oxygen atoms in total. The molecule has 25 heavy (non-hydrogen) atoms. The monoisotopic (exact) mass is 331 g/mol. The lowest BCUT2D eigenvalue weighted by Crippen LogP contribution is -2.00. The summed E-state index contributed by atoms with van der Waals surface area (Å²) in [6.45, 7) is 4.35. The first-order valence-electron chi connectivity index (χ1n) is 7.85. The maximum Gasteiger partial charge on any atom is 0.142 e. The van der Waals surface area contributed by atoms with Gasteiger partial charge in [-0.25, -0.2) is 15.0 Å². The second-order valence-corrected chi connectivity index (χ2v) is 5.40. The Bertz CT molecular complexity index is 928. The fourth-order valence-corrected chi connectivity index (χ4v) is 2.48. The molecule has 1 aromatic carbocycles. The van der Waals surface area contributed by atoms with Crippen molar-refractivity contribution < 1.29 is 4.74 Å². The first kappa shape index (κ1) is 16.4. The van der Waals surface area contributed by atoms with Crippen LogP contribution >= 0.6 is 0 Å². The van der Waals surface area contributed by atoms with Crippen LogP contribution in [-0.4, -0.2) is 21.6 Å². The summed E-state index contributed by atoms with van der Waals surface area (Å²) in [6.07, 6.45) is 3.36. The Morgan fingerprint density at radius 3 is 2.40 bits per heavy atom. The van der Waals surface area contributed by atoms with Crippen LogP contribution in [0.25, 0.3) is 22.4 Å². The number of hydrogen-bond acceptors (Lipinski definition) is 6. The van der Waals surface area contributed by atoms with Crippen molar-refractivity contribution in [2.24, 2.45) is 0 Å². The Balaban J connectivity index is 2.10. The van der Waals surface area contributed by atoms with Crippen molar-refractivity contribution in [1.82, 2.24) is 15.0 Å². The fourth-order valence-electron chi connectivity index (χ4n) is 2.48. The topological polar surface area (TPSA) is 97.7 Å². The Morgan fingerprint density at radius 1 is 1.12 bits per heavy atom. The van der Waals surface area contributed by atoms with Crippen LogP contribution in [0.5, 0.6) is 5.75 Å². The third-order valence-corrected chi connectivity index (χ3v) is 3.71. The summed E-state index contributed by atoms with van der Waals surface area (Å²) >= 11 is 0. The molecule has 3 rings (SSSR count). The fraction of sp³-hybridized carbons (Fsp3) is 0.158. The Hall–Kier alpha value is -3.46. The molecule has 0 atom stereocenters. The molecule has 0 unspecified atom stereocenters. The van der Waals surface area contributed by atoms with Crippen LogP contribution in [0, 0.1) is 18.3 Å². The molecular formula is C19H17N5O. The first-order valence-corrected chi connectivity index (χ1v) is 7.85. The van der Waals surface area contributed by atoms with E-state index in [-0.39, 0.29) is 5.82 Å². The molecule has 0 spiro atoms. The van der Waals surface area contributed by atoms with Crippen LogP contribution in [0.2, 0.25) is 0 Å². The van der Waals surface area contributed by atoms with Gasteiger partial charge in [-0.3, -0.25) is 0 Å². The molecule has 0 fully saturated rings. The largest absolute Gasteiger partial charge is 0.494 e. The van der Waals surface area contributed by atoms with Crippen molar-refractivity contribution in [3.63, 3.8) is 0 Å². The molecule has 0 amide bonds. The van der Waals surface area contributed by atoms with E-state index in [0.717, 1.165) is 16.9 Å². The van der Waals surface area contributed by atoms with Crippen LogP contribution in [0.4, 0.5) is 5.82 Å². The molecule has 2 aromatic heterocycles. The lowest BCUT2D eigenvalue weighted by atomic mass is 10.0. The van der Waals surface area contributed by atoms with Gasteiger partial charge in [0.2, 0.25) is 0 Å². The zero-order chi connectivity index (χ0) is 17.8. The van der Waals surface area contributed by atoms with Crippen LogP contribution in [0.15, 0.2) is 42.7 Å². The second kappa shape index (κ2) is 6.97. The van der Waals surface area contributed by atoms with E-state index in [1.807, 2.05) is 37.3 Å². The van der Waals surface area contributed by atoms with Gasteiger partial charge in [-0.05, 0) is 44.2 Å². The van der Waals surface area contributed by atoms with E-state index in [0.29, 0.717) is 29.3 Å². The summed E-state index contributed by atoms with van der Waals surface area (Å²) in [6, 6.07) is 11.5. The zero-order valence-corrected chi connectivity index (χ0v) is 14.0. The molecular weight excluding hydrogens is 314 g/mol. The highest BCUT2D eigenvalue weighted by Crippen LogP contribution is 2.31. The van der Waals surface area contributed by atoms with Gasteiger partial charge in [-0.15, -0.1) is 0 Å². The van der Waals surface area contributed by atoms with Crippen LogP contribution in [0.3, 0.4) is 0 Å². The molecule has 0 aliphatic carbocycles. The number of nitrogen functional groups attached to an aromatic ring is 1. The minimum absolute atomic E-state index is 0.185. The summed E-state index contributed by atoms with van der Waals surface area (Å²) in [5, 5.41) is 9.44. The number of rotatable bonds is 4. The molecule has 0 saturated heterocycles. The Kier molecular flexibility index (Phi) is 4.57. The highest BCUT2D eigenvalue weighted by Gasteiger charge is 2.14. The normalized spacial score (nSPS) is 10.3. The molecule has 0 radical (unpaired) electrons. The van der Waals surface area contributed by atoms with E-state index in [2.05, 4.69) is 21.0 Å². The zero-order valence-electron chi connectivity index (χ0n) is 14.0. The number of ether oxygens (including phenoxy) is 1. The van der Waals surface area contributed by atoms with Crippen molar-refractivity contribution in [1.29, 1.82) is 5.26 Å². The highest BCUT2D eigenvalue weighted by molar-refractivity contribution is 5.79. The number of hydrogen-bond donors (Lipinski definition) is 1. The first-order chi connectivity index (χ1) is 12.1. The Morgan fingerprint density at radius 2 is 1.80 bits per heavy atom. The van der Waals surface area contributed by atoms with Gasteiger partial charge < -0.3 is 10.5 Å². The number of nitrogens with two attached hydrogens (primary N) is 1. The third-order valence-electron chi connectivity index (χ3n) is 3.71. The predicted molar refractivity (Wildman–Crippen MR) is 95.7 cm³/mol. The molecule has 3 aromatic rings. The number of pyridine rings is 1. The van der Waals surface area contributed by atoms with Crippen molar-refractivity contribution in [3.8, 4) is 34.2 Å². The van der Waals surface area contributed by atoms with Crippen molar-refractivity contribution in [2.45, 2.75) is 13.8 Å². The minimum Gasteiger partial charge on any atom is -0.494 e. The van der Waals surface area contributed by atoms with Crippen LogP contribution < -0.4 is 10.5 Å². The average molecular weight is 331 g/mol. The second-order valence-electron chi connectivity index (χ2n) is 5.40.